The van der Waals surface area contributed by atoms with Crippen LogP contribution in [-0.2, 0) is 19.6 Å². The first-order valence-electron chi connectivity index (χ1n) is 8.06. The van der Waals surface area contributed by atoms with E-state index >= 15 is 0 Å². The quantitative estimate of drug-likeness (QED) is 0.387. The van der Waals surface area contributed by atoms with Crippen LogP contribution in [0.4, 0.5) is 0 Å². The van der Waals surface area contributed by atoms with Crippen molar-refractivity contribution in [2.75, 3.05) is 27.6 Å². The molecule has 0 fully saturated rings. The Morgan fingerprint density at radius 3 is 2.57 bits per heavy atom. The summed E-state index contributed by atoms with van der Waals surface area (Å²) in [5.41, 5.74) is 0.291. The highest BCUT2D eigenvalue weighted by Crippen LogP contribution is 2.32. The molecule has 0 atom stereocenters. The van der Waals surface area contributed by atoms with E-state index in [1.54, 1.807) is 6.07 Å². The molecule has 0 bridgehead atoms. The summed E-state index contributed by atoms with van der Waals surface area (Å²) in [5, 5.41) is 0. The van der Waals surface area contributed by atoms with Crippen LogP contribution in [0.1, 0.15) is 20.7 Å². The molecule has 1 heterocycles. The van der Waals surface area contributed by atoms with Crippen molar-refractivity contribution in [3.8, 4) is 11.5 Å². The predicted octanol–water partition coefficient (Wildman–Crippen LogP) is 1.64. The largest absolute Gasteiger partial charge is 0.454 e. The lowest BCUT2D eigenvalue weighted by molar-refractivity contribution is -0.0258. The molecule has 1 aliphatic rings. The van der Waals surface area contributed by atoms with Gasteiger partial charge in [-0.2, -0.15) is 0 Å². The summed E-state index contributed by atoms with van der Waals surface area (Å²) in [4.78, 5) is 29.0. The third-order valence-electron chi connectivity index (χ3n) is 3.99. The first kappa shape index (κ1) is 19.8. The topological polar surface area (TPSA) is 108 Å². The number of rotatable bonds is 7. The van der Waals surface area contributed by atoms with E-state index in [0.29, 0.717) is 21.5 Å². The van der Waals surface area contributed by atoms with Crippen LogP contribution in [0, 0.1) is 0 Å². The molecule has 0 aliphatic carbocycles. The smallest absolute Gasteiger partial charge is 0.338 e. The van der Waals surface area contributed by atoms with Gasteiger partial charge in [-0.15, -0.1) is 0 Å². The molecule has 0 radical (unpaired) electrons. The van der Waals surface area contributed by atoms with Gasteiger partial charge in [0.1, 0.15) is 0 Å². The third kappa shape index (κ3) is 3.98. The lowest BCUT2D eigenvalue weighted by Crippen LogP contribution is -2.26. The van der Waals surface area contributed by atoms with Gasteiger partial charge in [0.25, 0.3) is 10.0 Å². The van der Waals surface area contributed by atoms with Crippen molar-refractivity contribution in [1.82, 2.24) is 4.47 Å². The zero-order valence-corrected chi connectivity index (χ0v) is 15.9. The Balaban J connectivity index is 1.68. The van der Waals surface area contributed by atoms with Crippen molar-refractivity contribution in [2.24, 2.45) is 0 Å². The van der Waals surface area contributed by atoms with Gasteiger partial charge in [-0.1, -0.05) is 10.5 Å². The highest BCUT2D eigenvalue weighted by molar-refractivity contribution is 7.89. The lowest BCUT2D eigenvalue weighted by atomic mass is 10.1. The molecule has 2 aromatic rings. The standard InChI is InChI=1S/C18H17NO8S/c1-19(24-2)28(22,23)14-5-3-4-13(8-14)18(21)25-10-15(20)12-6-7-16-17(9-12)27-11-26-16/h3-9H,10-11H2,1-2H3. The maximum Gasteiger partial charge on any atom is 0.338 e. The number of hydrogen-bond donors (Lipinski definition) is 0. The Hall–Kier alpha value is -2.95. The van der Waals surface area contributed by atoms with Crippen LogP contribution in [0.5, 0.6) is 11.5 Å². The molecule has 3 rings (SSSR count). The fraction of sp³-hybridized carbons (Fsp3) is 0.222. The van der Waals surface area contributed by atoms with E-state index in [1.807, 2.05) is 0 Å². The number of carbonyl (C=O) groups excluding carboxylic acids is 2. The molecule has 28 heavy (non-hydrogen) atoms. The van der Waals surface area contributed by atoms with Crippen LogP contribution in [0.2, 0.25) is 0 Å². The monoisotopic (exact) mass is 407 g/mol. The normalized spacial score (nSPS) is 12.8. The lowest BCUT2D eigenvalue weighted by Gasteiger charge is -2.14. The zero-order valence-electron chi connectivity index (χ0n) is 15.1. The van der Waals surface area contributed by atoms with Gasteiger partial charge in [0, 0.05) is 12.6 Å². The van der Waals surface area contributed by atoms with Crippen molar-refractivity contribution in [3.63, 3.8) is 0 Å². The van der Waals surface area contributed by atoms with E-state index in [4.69, 9.17) is 19.0 Å². The van der Waals surface area contributed by atoms with Crippen molar-refractivity contribution >= 4 is 21.8 Å². The maximum absolute atomic E-state index is 12.3. The Bertz CT molecular complexity index is 1020. The fourth-order valence-electron chi connectivity index (χ4n) is 2.40. The molecule has 0 spiro atoms. The molecule has 0 saturated heterocycles. The molecular weight excluding hydrogens is 390 g/mol. The number of ether oxygens (including phenoxy) is 3. The van der Waals surface area contributed by atoms with Gasteiger partial charge in [-0.05, 0) is 36.4 Å². The number of hydrogen-bond acceptors (Lipinski definition) is 8. The number of Topliss-reactive ketones (excluding diaryl/α,β-unsaturated/α-hetero) is 1. The summed E-state index contributed by atoms with van der Waals surface area (Å²) in [6.45, 7) is -0.424. The molecule has 2 aromatic carbocycles. The first-order valence-corrected chi connectivity index (χ1v) is 9.50. The molecule has 0 unspecified atom stereocenters. The summed E-state index contributed by atoms with van der Waals surface area (Å²) in [6.07, 6.45) is 0. The first-order chi connectivity index (χ1) is 13.3. The van der Waals surface area contributed by atoms with E-state index in [1.165, 1.54) is 44.5 Å². The van der Waals surface area contributed by atoms with Gasteiger partial charge in [0.15, 0.2) is 23.9 Å². The second kappa shape index (κ2) is 7.97. The Morgan fingerprint density at radius 1 is 1.07 bits per heavy atom. The van der Waals surface area contributed by atoms with E-state index in [0.717, 1.165) is 6.07 Å². The number of esters is 1. The second-order valence-corrected chi connectivity index (χ2v) is 7.63. The molecule has 9 nitrogen and oxygen atoms in total. The summed E-state index contributed by atoms with van der Waals surface area (Å²) in [6, 6.07) is 9.89. The average molecular weight is 407 g/mol. The molecule has 0 saturated carbocycles. The number of fused-ring (bicyclic) bond motifs is 1. The van der Waals surface area contributed by atoms with Gasteiger partial charge in [0.05, 0.1) is 17.6 Å². The highest BCUT2D eigenvalue weighted by Gasteiger charge is 2.23. The van der Waals surface area contributed by atoms with Gasteiger partial charge in [-0.3, -0.25) is 9.63 Å². The minimum atomic E-state index is -3.91. The maximum atomic E-state index is 12.3. The Kier molecular flexibility index (Phi) is 5.63. The molecule has 0 amide bonds. The number of nitrogens with zero attached hydrogens (tertiary/aromatic N) is 1. The van der Waals surface area contributed by atoms with E-state index in [9.17, 15) is 18.0 Å². The van der Waals surface area contributed by atoms with Crippen molar-refractivity contribution in [2.45, 2.75) is 4.90 Å². The highest BCUT2D eigenvalue weighted by atomic mass is 32.2. The van der Waals surface area contributed by atoms with Crippen LogP contribution in [0.25, 0.3) is 0 Å². The fourth-order valence-corrected chi connectivity index (χ4v) is 3.42. The SMILES string of the molecule is CON(C)S(=O)(=O)c1cccc(C(=O)OCC(=O)c2ccc3c(c2)OCO3)c1. The summed E-state index contributed by atoms with van der Waals surface area (Å²) in [7, 11) is -1.48. The van der Waals surface area contributed by atoms with E-state index < -0.39 is 28.4 Å². The van der Waals surface area contributed by atoms with Gasteiger partial charge >= 0.3 is 5.97 Å². The van der Waals surface area contributed by atoms with Crippen LogP contribution in [0.15, 0.2) is 47.4 Å². The number of sulfonamides is 1. The molecule has 1 aliphatic heterocycles. The van der Waals surface area contributed by atoms with Crippen molar-refractivity contribution in [3.05, 3.63) is 53.6 Å². The average Bonchev–Trinajstić information content (AvgIpc) is 3.18. The number of ketones is 1. The minimum absolute atomic E-state index is 0.0101. The number of benzene rings is 2. The van der Waals surface area contributed by atoms with Crippen LogP contribution >= 0.6 is 0 Å². The summed E-state index contributed by atoms with van der Waals surface area (Å²) in [5.74, 6) is -0.286. The Morgan fingerprint density at radius 2 is 1.82 bits per heavy atom. The summed E-state index contributed by atoms with van der Waals surface area (Å²) < 4.78 is 40.6. The molecule has 148 valence electrons. The molecule has 0 aromatic heterocycles. The van der Waals surface area contributed by atoms with Crippen LogP contribution in [-0.4, -0.2) is 52.2 Å². The van der Waals surface area contributed by atoms with E-state index in [-0.39, 0.29) is 17.3 Å². The van der Waals surface area contributed by atoms with Gasteiger partial charge in [-0.25, -0.2) is 13.2 Å². The van der Waals surface area contributed by atoms with Gasteiger partial charge in [0.2, 0.25) is 6.79 Å². The third-order valence-corrected chi connectivity index (χ3v) is 5.67. The molecule has 10 heteroatoms. The molecule has 0 N–H and O–H groups in total. The van der Waals surface area contributed by atoms with Crippen molar-refractivity contribution in [1.29, 1.82) is 0 Å². The predicted molar refractivity (Wildman–Crippen MR) is 95.6 cm³/mol. The molecular formula is C18H17NO8S. The Labute approximate surface area is 161 Å². The van der Waals surface area contributed by atoms with E-state index in [2.05, 4.69) is 0 Å². The van der Waals surface area contributed by atoms with Crippen LogP contribution < -0.4 is 9.47 Å². The summed E-state index contributed by atoms with van der Waals surface area (Å²) >= 11 is 0. The van der Waals surface area contributed by atoms with Crippen molar-refractivity contribution < 1.29 is 37.1 Å². The number of carbonyl (C=O) groups is 2. The number of hydroxylamine groups is 1. The van der Waals surface area contributed by atoms with Crippen LogP contribution in [0.3, 0.4) is 0 Å². The minimum Gasteiger partial charge on any atom is -0.454 e. The zero-order chi connectivity index (χ0) is 20.3. The van der Waals surface area contributed by atoms with Gasteiger partial charge < -0.3 is 14.2 Å². The second-order valence-electron chi connectivity index (χ2n) is 5.69.